The van der Waals surface area contributed by atoms with Gasteiger partial charge < -0.3 is 14.8 Å². The standard InChI is InChI=1S/C22H28N2O2.2ClH/c1-3-7-20(24-14-12-23-13-15-24)19-10-11-21(22(16-19)25-2)26-17-18-8-5-4-6-9-18;;/h3-6,8-11,16,20,23H,1,7,12-15,17H2,2H3;2*1H/t20-;;/m1../s1. The summed E-state index contributed by atoms with van der Waals surface area (Å²) in [6.45, 7) is 8.64. The van der Waals surface area contributed by atoms with E-state index in [0.29, 0.717) is 12.6 Å². The van der Waals surface area contributed by atoms with Crippen LogP contribution < -0.4 is 14.8 Å². The zero-order valence-corrected chi connectivity index (χ0v) is 17.9. The third kappa shape index (κ3) is 6.42. The predicted octanol–water partition coefficient (Wildman–Crippen LogP) is 4.64. The summed E-state index contributed by atoms with van der Waals surface area (Å²) >= 11 is 0. The number of rotatable bonds is 8. The van der Waals surface area contributed by atoms with Crippen molar-refractivity contribution >= 4 is 24.8 Å². The largest absolute Gasteiger partial charge is 0.493 e. The summed E-state index contributed by atoms with van der Waals surface area (Å²) in [4.78, 5) is 2.51. The van der Waals surface area contributed by atoms with Gasteiger partial charge in [-0.25, -0.2) is 0 Å². The third-order valence-corrected chi connectivity index (χ3v) is 4.79. The van der Waals surface area contributed by atoms with E-state index in [1.54, 1.807) is 7.11 Å². The third-order valence-electron chi connectivity index (χ3n) is 4.79. The SMILES string of the molecule is C=CC[C@H](c1ccc(OCc2ccccc2)c(OC)c1)N1CCNCC1.Cl.Cl. The van der Waals surface area contributed by atoms with Crippen LogP contribution >= 0.6 is 24.8 Å². The van der Waals surface area contributed by atoms with Gasteiger partial charge in [-0.15, -0.1) is 31.4 Å². The van der Waals surface area contributed by atoms with Gasteiger partial charge in [-0.05, 0) is 29.7 Å². The molecule has 0 radical (unpaired) electrons. The molecule has 0 amide bonds. The zero-order chi connectivity index (χ0) is 18.2. The molecule has 1 atom stereocenters. The molecule has 0 unspecified atom stereocenters. The maximum absolute atomic E-state index is 5.99. The van der Waals surface area contributed by atoms with Crippen LogP contribution in [0.5, 0.6) is 11.5 Å². The van der Waals surface area contributed by atoms with E-state index in [1.165, 1.54) is 5.56 Å². The van der Waals surface area contributed by atoms with Crippen LogP contribution in [-0.2, 0) is 6.61 Å². The van der Waals surface area contributed by atoms with E-state index in [0.717, 1.165) is 49.7 Å². The number of nitrogens with one attached hydrogen (secondary N) is 1. The molecule has 1 saturated heterocycles. The lowest BCUT2D eigenvalue weighted by Gasteiger charge is -2.35. The van der Waals surface area contributed by atoms with Gasteiger partial charge in [-0.3, -0.25) is 4.90 Å². The molecular formula is C22H30Cl2N2O2. The number of benzene rings is 2. The smallest absolute Gasteiger partial charge is 0.161 e. The Labute approximate surface area is 180 Å². The van der Waals surface area contributed by atoms with Crippen molar-refractivity contribution in [2.45, 2.75) is 19.1 Å². The maximum atomic E-state index is 5.99. The van der Waals surface area contributed by atoms with Crippen molar-refractivity contribution in [3.8, 4) is 11.5 Å². The molecule has 1 aliphatic heterocycles. The molecule has 1 heterocycles. The Morgan fingerprint density at radius 3 is 2.43 bits per heavy atom. The van der Waals surface area contributed by atoms with Crippen LogP contribution in [0, 0.1) is 0 Å². The van der Waals surface area contributed by atoms with Crippen molar-refractivity contribution in [3.05, 3.63) is 72.3 Å². The molecule has 0 spiro atoms. The number of nitrogens with zero attached hydrogens (tertiary/aromatic N) is 1. The molecule has 2 aromatic rings. The number of piperazine rings is 1. The van der Waals surface area contributed by atoms with Crippen molar-refractivity contribution in [2.75, 3.05) is 33.3 Å². The summed E-state index contributed by atoms with van der Waals surface area (Å²) in [6.07, 6.45) is 2.92. The summed E-state index contributed by atoms with van der Waals surface area (Å²) in [5, 5.41) is 3.41. The van der Waals surface area contributed by atoms with E-state index in [4.69, 9.17) is 9.47 Å². The number of halogens is 2. The van der Waals surface area contributed by atoms with Gasteiger partial charge in [0.2, 0.25) is 0 Å². The average molecular weight is 425 g/mol. The highest BCUT2D eigenvalue weighted by Crippen LogP contribution is 2.34. The Morgan fingerprint density at radius 1 is 1.07 bits per heavy atom. The fourth-order valence-corrected chi connectivity index (χ4v) is 3.39. The summed E-state index contributed by atoms with van der Waals surface area (Å²) in [5.74, 6) is 1.56. The van der Waals surface area contributed by atoms with Crippen LogP contribution in [0.2, 0.25) is 0 Å². The zero-order valence-electron chi connectivity index (χ0n) is 16.3. The lowest BCUT2D eigenvalue weighted by atomic mass is 10.0. The van der Waals surface area contributed by atoms with Crippen molar-refractivity contribution < 1.29 is 9.47 Å². The van der Waals surface area contributed by atoms with Crippen molar-refractivity contribution in [1.82, 2.24) is 10.2 Å². The summed E-state index contributed by atoms with van der Waals surface area (Å²) in [5.41, 5.74) is 2.39. The van der Waals surface area contributed by atoms with Gasteiger partial charge in [0.15, 0.2) is 11.5 Å². The predicted molar refractivity (Wildman–Crippen MR) is 120 cm³/mol. The monoisotopic (exact) mass is 424 g/mol. The quantitative estimate of drug-likeness (QED) is 0.625. The average Bonchev–Trinajstić information content (AvgIpc) is 2.72. The molecule has 0 saturated carbocycles. The second-order valence-corrected chi connectivity index (χ2v) is 6.51. The Bertz CT molecular complexity index is 707. The molecule has 3 rings (SSSR count). The van der Waals surface area contributed by atoms with Crippen molar-refractivity contribution in [3.63, 3.8) is 0 Å². The van der Waals surface area contributed by atoms with Gasteiger partial charge in [0.05, 0.1) is 7.11 Å². The van der Waals surface area contributed by atoms with Crippen LogP contribution in [0.15, 0.2) is 61.2 Å². The van der Waals surface area contributed by atoms with Crippen LogP contribution in [0.25, 0.3) is 0 Å². The van der Waals surface area contributed by atoms with Crippen LogP contribution in [0.4, 0.5) is 0 Å². The molecule has 1 fully saturated rings. The van der Waals surface area contributed by atoms with Crippen LogP contribution in [-0.4, -0.2) is 38.2 Å². The second-order valence-electron chi connectivity index (χ2n) is 6.51. The minimum atomic E-state index is 0. The van der Waals surface area contributed by atoms with Gasteiger partial charge in [0.1, 0.15) is 6.61 Å². The van der Waals surface area contributed by atoms with Crippen molar-refractivity contribution in [2.24, 2.45) is 0 Å². The normalized spacial score (nSPS) is 14.9. The number of hydrogen-bond acceptors (Lipinski definition) is 4. The van der Waals surface area contributed by atoms with Gasteiger partial charge >= 0.3 is 0 Å². The first-order valence-corrected chi connectivity index (χ1v) is 9.22. The topological polar surface area (TPSA) is 33.7 Å². The molecule has 154 valence electrons. The Balaban J connectivity index is 0.00000196. The van der Waals surface area contributed by atoms with Crippen molar-refractivity contribution in [1.29, 1.82) is 0 Å². The summed E-state index contributed by atoms with van der Waals surface area (Å²) < 4.78 is 11.6. The lowest BCUT2D eigenvalue weighted by molar-refractivity contribution is 0.174. The van der Waals surface area contributed by atoms with Crippen LogP contribution in [0.3, 0.4) is 0 Å². The van der Waals surface area contributed by atoms with E-state index in [9.17, 15) is 0 Å². The van der Waals surface area contributed by atoms with E-state index in [2.05, 4.69) is 41.1 Å². The minimum absolute atomic E-state index is 0. The first-order chi connectivity index (χ1) is 12.8. The Hall–Kier alpha value is -1.72. The van der Waals surface area contributed by atoms with E-state index in [1.807, 2.05) is 30.3 Å². The molecular weight excluding hydrogens is 395 g/mol. The number of methoxy groups -OCH3 is 1. The molecule has 1 aliphatic rings. The van der Waals surface area contributed by atoms with Gasteiger partial charge in [0.25, 0.3) is 0 Å². The highest BCUT2D eigenvalue weighted by Gasteiger charge is 2.22. The van der Waals surface area contributed by atoms with E-state index < -0.39 is 0 Å². The van der Waals surface area contributed by atoms with Gasteiger partial charge in [-0.1, -0.05) is 42.5 Å². The molecule has 2 aromatic carbocycles. The molecule has 1 N–H and O–H groups in total. The minimum Gasteiger partial charge on any atom is -0.493 e. The molecule has 6 heteroatoms. The maximum Gasteiger partial charge on any atom is 0.161 e. The van der Waals surface area contributed by atoms with E-state index in [-0.39, 0.29) is 24.8 Å². The first kappa shape index (κ1) is 24.3. The summed E-state index contributed by atoms with van der Waals surface area (Å²) in [7, 11) is 1.70. The number of hydrogen-bond donors (Lipinski definition) is 1. The van der Waals surface area contributed by atoms with E-state index >= 15 is 0 Å². The van der Waals surface area contributed by atoms with Gasteiger partial charge in [-0.2, -0.15) is 0 Å². The van der Waals surface area contributed by atoms with Gasteiger partial charge in [0, 0.05) is 32.2 Å². The fourth-order valence-electron chi connectivity index (χ4n) is 3.39. The lowest BCUT2D eigenvalue weighted by Crippen LogP contribution is -2.45. The highest BCUT2D eigenvalue weighted by molar-refractivity contribution is 5.85. The molecule has 0 bridgehead atoms. The Kier molecular flexibility index (Phi) is 11.0. The summed E-state index contributed by atoms with van der Waals surface area (Å²) in [6, 6.07) is 16.8. The molecule has 28 heavy (non-hydrogen) atoms. The molecule has 0 aliphatic carbocycles. The Morgan fingerprint density at radius 2 is 1.79 bits per heavy atom. The number of ether oxygens (including phenoxy) is 2. The molecule has 0 aromatic heterocycles. The fraction of sp³-hybridized carbons (Fsp3) is 0.364. The van der Waals surface area contributed by atoms with Crippen LogP contribution in [0.1, 0.15) is 23.6 Å². The second kappa shape index (κ2) is 12.7. The highest BCUT2D eigenvalue weighted by atomic mass is 35.5. The molecule has 4 nitrogen and oxygen atoms in total. The first-order valence-electron chi connectivity index (χ1n) is 9.22.